The predicted molar refractivity (Wildman–Crippen MR) is 72.9 cm³/mol. The van der Waals surface area contributed by atoms with Crippen molar-refractivity contribution >= 4 is 0 Å². The molecule has 0 radical (unpaired) electrons. The lowest BCUT2D eigenvalue weighted by molar-refractivity contribution is -0.0235. The Hall–Kier alpha value is -0.160. The van der Waals surface area contributed by atoms with E-state index in [1.54, 1.807) is 7.11 Å². The van der Waals surface area contributed by atoms with Gasteiger partial charge in [-0.2, -0.15) is 0 Å². The SMILES string of the molecule is COCCN(CC1CCCN1)C1CCOC(C)C1. The molecule has 2 rings (SSSR count). The van der Waals surface area contributed by atoms with E-state index < -0.39 is 0 Å². The lowest BCUT2D eigenvalue weighted by atomic mass is 10.0. The predicted octanol–water partition coefficient (Wildman–Crippen LogP) is 1.25. The summed E-state index contributed by atoms with van der Waals surface area (Å²) in [6, 6.07) is 1.35. The van der Waals surface area contributed by atoms with E-state index in [4.69, 9.17) is 9.47 Å². The summed E-state index contributed by atoms with van der Waals surface area (Å²) in [4.78, 5) is 2.62. The minimum atomic E-state index is 0.408. The Labute approximate surface area is 111 Å². The normalized spacial score (nSPS) is 33.2. The van der Waals surface area contributed by atoms with Crippen LogP contribution < -0.4 is 5.32 Å². The standard InChI is InChI=1S/C14H28N2O2/c1-12-10-14(5-8-18-12)16(7-9-17-2)11-13-4-3-6-15-13/h12-15H,3-11H2,1-2H3. The van der Waals surface area contributed by atoms with E-state index in [1.807, 2.05) is 0 Å². The molecule has 2 saturated heterocycles. The van der Waals surface area contributed by atoms with Crippen molar-refractivity contribution in [2.75, 3.05) is 40.0 Å². The lowest BCUT2D eigenvalue weighted by Gasteiger charge is -2.37. The van der Waals surface area contributed by atoms with Gasteiger partial charge in [0.05, 0.1) is 12.7 Å². The van der Waals surface area contributed by atoms with E-state index in [0.717, 1.165) is 26.2 Å². The molecule has 2 aliphatic rings. The molecule has 2 fully saturated rings. The maximum absolute atomic E-state index is 5.66. The highest BCUT2D eigenvalue weighted by molar-refractivity contribution is 4.84. The first kappa shape index (κ1) is 14.3. The first-order valence-corrected chi connectivity index (χ1v) is 7.37. The fraction of sp³-hybridized carbons (Fsp3) is 1.00. The van der Waals surface area contributed by atoms with Gasteiger partial charge >= 0.3 is 0 Å². The second-order valence-electron chi connectivity index (χ2n) is 5.64. The number of hydrogen-bond acceptors (Lipinski definition) is 4. The summed E-state index contributed by atoms with van der Waals surface area (Å²) in [5, 5.41) is 3.60. The number of hydrogen-bond donors (Lipinski definition) is 1. The minimum absolute atomic E-state index is 0.408. The molecule has 106 valence electrons. The van der Waals surface area contributed by atoms with Gasteiger partial charge in [-0.15, -0.1) is 0 Å². The van der Waals surface area contributed by atoms with E-state index in [2.05, 4.69) is 17.1 Å². The van der Waals surface area contributed by atoms with Gasteiger partial charge in [-0.05, 0) is 39.2 Å². The van der Waals surface area contributed by atoms with Crippen LogP contribution in [0.5, 0.6) is 0 Å². The molecule has 2 heterocycles. The Kier molecular flexibility index (Phi) is 5.89. The zero-order chi connectivity index (χ0) is 12.8. The molecular formula is C14H28N2O2. The van der Waals surface area contributed by atoms with Crippen LogP contribution in [-0.4, -0.2) is 63.0 Å². The first-order valence-electron chi connectivity index (χ1n) is 7.37. The average Bonchev–Trinajstić information content (AvgIpc) is 2.87. The summed E-state index contributed by atoms with van der Waals surface area (Å²) in [7, 11) is 1.79. The summed E-state index contributed by atoms with van der Waals surface area (Å²) in [5.74, 6) is 0. The highest BCUT2D eigenvalue weighted by Crippen LogP contribution is 2.20. The third-order valence-electron chi connectivity index (χ3n) is 4.17. The van der Waals surface area contributed by atoms with Gasteiger partial charge in [0, 0.05) is 38.9 Å². The molecular weight excluding hydrogens is 228 g/mol. The minimum Gasteiger partial charge on any atom is -0.383 e. The second kappa shape index (κ2) is 7.43. The van der Waals surface area contributed by atoms with Crippen molar-refractivity contribution in [1.29, 1.82) is 0 Å². The van der Waals surface area contributed by atoms with Gasteiger partial charge in [0.1, 0.15) is 0 Å². The molecule has 0 aromatic heterocycles. The van der Waals surface area contributed by atoms with Crippen LogP contribution in [0.1, 0.15) is 32.6 Å². The monoisotopic (exact) mass is 256 g/mol. The second-order valence-corrected chi connectivity index (χ2v) is 5.64. The van der Waals surface area contributed by atoms with Crippen LogP contribution in [0.15, 0.2) is 0 Å². The molecule has 0 aromatic carbocycles. The Morgan fingerprint density at radius 1 is 1.39 bits per heavy atom. The number of ether oxygens (including phenoxy) is 2. The smallest absolute Gasteiger partial charge is 0.0589 e. The highest BCUT2D eigenvalue weighted by Gasteiger charge is 2.27. The van der Waals surface area contributed by atoms with Crippen LogP contribution in [0.2, 0.25) is 0 Å². The number of nitrogens with one attached hydrogen (secondary N) is 1. The molecule has 4 heteroatoms. The molecule has 4 nitrogen and oxygen atoms in total. The van der Waals surface area contributed by atoms with Crippen LogP contribution in [0, 0.1) is 0 Å². The van der Waals surface area contributed by atoms with Crippen molar-refractivity contribution in [3.63, 3.8) is 0 Å². The van der Waals surface area contributed by atoms with Crippen LogP contribution in [0.3, 0.4) is 0 Å². The van der Waals surface area contributed by atoms with E-state index in [-0.39, 0.29) is 0 Å². The van der Waals surface area contributed by atoms with E-state index in [0.29, 0.717) is 18.2 Å². The zero-order valence-corrected chi connectivity index (χ0v) is 11.9. The fourth-order valence-electron chi connectivity index (χ4n) is 3.13. The Bertz CT molecular complexity index is 232. The summed E-state index contributed by atoms with van der Waals surface area (Å²) in [6.07, 6.45) is 5.39. The third kappa shape index (κ3) is 4.19. The number of nitrogens with zero attached hydrogens (tertiary/aromatic N) is 1. The summed E-state index contributed by atoms with van der Waals surface area (Å²) in [5.41, 5.74) is 0. The topological polar surface area (TPSA) is 33.7 Å². The number of rotatable bonds is 6. The quantitative estimate of drug-likeness (QED) is 0.775. The first-order chi connectivity index (χ1) is 8.79. The molecule has 18 heavy (non-hydrogen) atoms. The molecule has 2 aliphatic heterocycles. The van der Waals surface area contributed by atoms with Gasteiger partial charge < -0.3 is 14.8 Å². The van der Waals surface area contributed by atoms with Crippen molar-refractivity contribution in [1.82, 2.24) is 10.2 Å². The Balaban J connectivity index is 1.85. The molecule has 0 amide bonds. The molecule has 3 unspecified atom stereocenters. The summed E-state index contributed by atoms with van der Waals surface area (Å²) < 4.78 is 10.9. The summed E-state index contributed by atoms with van der Waals surface area (Å²) in [6.45, 7) is 7.33. The van der Waals surface area contributed by atoms with Gasteiger partial charge in [0.25, 0.3) is 0 Å². The van der Waals surface area contributed by atoms with Gasteiger partial charge in [0.15, 0.2) is 0 Å². The summed E-state index contributed by atoms with van der Waals surface area (Å²) >= 11 is 0. The molecule has 0 bridgehead atoms. The highest BCUT2D eigenvalue weighted by atomic mass is 16.5. The molecule has 1 N–H and O–H groups in total. The van der Waals surface area contributed by atoms with Crippen LogP contribution in [-0.2, 0) is 9.47 Å². The molecule has 3 atom stereocenters. The largest absolute Gasteiger partial charge is 0.383 e. The van der Waals surface area contributed by atoms with Crippen molar-refractivity contribution in [2.45, 2.75) is 50.8 Å². The number of methoxy groups -OCH3 is 1. The average molecular weight is 256 g/mol. The molecule has 0 aliphatic carbocycles. The lowest BCUT2D eigenvalue weighted by Crippen LogP contribution is -2.48. The van der Waals surface area contributed by atoms with E-state index in [9.17, 15) is 0 Å². The molecule has 0 spiro atoms. The van der Waals surface area contributed by atoms with Crippen LogP contribution in [0.25, 0.3) is 0 Å². The van der Waals surface area contributed by atoms with E-state index in [1.165, 1.54) is 32.4 Å². The Morgan fingerprint density at radius 2 is 2.28 bits per heavy atom. The maximum Gasteiger partial charge on any atom is 0.0589 e. The molecule has 0 aromatic rings. The van der Waals surface area contributed by atoms with Gasteiger partial charge in [-0.25, -0.2) is 0 Å². The van der Waals surface area contributed by atoms with Crippen molar-refractivity contribution in [2.24, 2.45) is 0 Å². The third-order valence-corrected chi connectivity index (χ3v) is 4.17. The van der Waals surface area contributed by atoms with Crippen LogP contribution >= 0.6 is 0 Å². The van der Waals surface area contributed by atoms with Crippen molar-refractivity contribution in [3.05, 3.63) is 0 Å². The zero-order valence-electron chi connectivity index (χ0n) is 11.9. The maximum atomic E-state index is 5.66. The Morgan fingerprint density at radius 3 is 2.94 bits per heavy atom. The van der Waals surface area contributed by atoms with Crippen molar-refractivity contribution in [3.8, 4) is 0 Å². The molecule has 0 saturated carbocycles. The van der Waals surface area contributed by atoms with Crippen LogP contribution in [0.4, 0.5) is 0 Å². The van der Waals surface area contributed by atoms with Gasteiger partial charge in [0.2, 0.25) is 0 Å². The van der Waals surface area contributed by atoms with E-state index >= 15 is 0 Å². The van der Waals surface area contributed by atoms with Gasteiger partial charge in [-0.3, -0.25) is 4.90 Å². The van der Waals surface area contributed by atoms with Crippen molar-refractivity contribution < 1.29 is 9.47 Å². The van der Waals surface area contributed by atoms with Gasteiger partial charge in [-0.1, -0.05) is 0 Å². The fourth-order valence-corrected chi connectivity index (χ4v) is 3.13.